The number of hydrogen-bond donors (Lipinski definition) is 1. The summed E-state index contributed by atoms with van der Waals surface area (Å²) in [6.45, 7) is 5.55. The minimum Gasteiger partial charge on any atom is -0.382 e. The van der Waals surface area contributed by atoms with Gasteiger partial charge in [0.05, 0.1) is 11.6 Å². The molecule has 1 heterocycles. The number of hydrogen-bond acceptors (Lipinski definition) is 3. The first-order chi connectivity index (χ1) is 7.50. The van der Waals surface area contributed by atoms with Gasteiger partial charge in [-0.05, 0) is 19.8 Å². The smallest absolute Gasteiger partial charge is 0.222 e. The van der Waals surface area contributed by atoms with Crippen LogP contribution in [-0.4, -0.2) is 42.6 Å². The minimum atomic E-state index is -0.114. The molecule has 1 amide bonds. The third-order valence-electron chi connectivity index (χ3n) is 3.28. The summed E-state index contributed by atoms with van der Waals surface area (Å²) in [4.78, 5) is 13.6. The molecule has 0 saturated carbocycles. The average molecular weight is 228 g/mol. The van der Waals surface area contributed by atoms with Gasteiger partial charge in [-0.3, -0.25) is 4.79 Å². The van der Waals surface area contributed by atoms with Gasteiger partial charge >= 0.3 is 0 Å². The van der Waals surface area contributed by atoms with Crippen LogP contribution >= 0.6 is 0 Å². The van der Waals surface area contributed by atoms with Gasteiger partial charge in [-0.2, -0.15) is 0 Å². The van der Waals surface area contributed by atoms with Crippen LogP contribution in [-0.2, 0) is 9.53 Å². The second kappa shape index (κ2) is 5.64. The molecule has 1 rings (SSSR count). The fourth-order valence-corrected chi connectivity index (χ4v) is 2.15. The molecule has 2 N–H and O–H groups in total. The van der Waals surface area contributed by atoms with E-state index in [-0.39, 0.29) is 17.6 Å². The maximum Gasteiger partial charge on any atom is 0.222 e. The van der Waals surface area contributed by atoms with E-state index in [9.17, 15) is 4.79 Å². The second-order valence-corrected chi connectivity index (χ2v) is 4.95. The number of methoxy groups -OCH3 is 1. The van der Waals surface area contributed by atoms with Gasteiger partial charge in [-0.1, -0.05) is 13.3 Å². The molecule has 1 saturated heterocycles. The van der Waals surface area contributed by atoms with Crippen LogP contribution in [0.2, 0.25) is 0 Å². The predicted molar refractivity (Wildman–Crippen MR) is 64.1 cm³/mol. The number of rotatable bonds is 6. The Morgan fingerprint density at radius 1 is 1.56 bits per heavy atom. The lowest BCUT2D eigenvalue weighted by atomic mass is 9.86. The molecule has 0 aromatic rings. The van der Waals surface area contributed by atoms with E-state index in [1.807, 2.05) is 11.8 Å². The molecule has 1 aliphatic rings. The van der Waals surface area contributed by atoms with Gasteiger partial charge in [0.2, 0.25) is 5.91 Å². The SMILES string of the molecule is CCCC1(N)CN(C(=O)CCC(C)OC)C1. The highest BCUT2D eigenvalue weighted by Crippen LogP contribution is 2.24. The molecule has 1 fully saturated rings. The highest BCUT2D eigenvalue weighted by atomic mass is 16.5. The molecule has 1 unspecified atom stereocenters. The van der Waals surface area contributed by atoms with Crippen LogP contribution in [0, 0.1) is 0 Å². The normalized spacial score (nSPS) is 20.4. The van der Waals surface area contributed by atoms with Crippen molar-refractivity contribution in [2.45, 2.75) is 51.2 Å². The standard InChI is InChI=1S/C12H24N2O2/c1-4-7-12(13)8-14(9-12)11(15)6-5-10(2)16-3/h10H,4-9,13H2,1-3H3. The van der Waals surface area contributed by atoms with Gasteiger partial charge in [0.15, 0.2) is 0 Å². The Balaban J connectivity index is 2.21. The first kappa shape index (κ1) is 13.5. The van der Waals surface area contributed by atoms with Gasteiger partial charge in [-0.25, -0.2) is 0 Å². The van der Waals surface area contributed by atoms with Crippen LogP contribution in [0.5, 0.6) is 0 Å². The molecule has 4 nitrogen and oxygen atoms in total. The monoisotopic (exact) mass is 228 g/mol. The first-order valence-electron chi connectivity index (χ1n) is 6.10. The van der Waals surface area contributed by atoms with Crippen molar-refractivity contribution in [3.63, 3.8) is 0 Å². The van der Waals surface area contributed by atoms with E-state index < -0.39 is 0 Å². The third-order valence-corrected chi connectivity index (χ3v) is 3.28. The third kappa shape index (κ3) is 3.46. The van der Waals surface area contributed by atoms with Crippen LogP contribution in [0.3, 0.4) is 0 Å². The Morgan fingerprint density at radius 3 is 2.69 bits per heavy atom. The molecule has 0 aromatic heterocycles. The molecule has 1 aliphatic heterocycles. The minimum absolute atomic E-state index is 0.114. The number of ether oxygens (including phenoxy) is 1. The largest absolute Gasteiger partial charge is 0.382 e. The van der Waals surface area contributed by atoms with Crippen molar-refractivity contribution in [2.24, 2.45) is 5.73 Å². The summed E-state index contributed by atoms with van der Waals surface area (Å²) in [5.41, 5.74) is 5.99. The summed E-state index contributed by atoms with van der Waals surface area (Å²) in [6, 6.07) is 0. The quantitative estimate of drug-likeness (QED) is 0.741. The number of carbonyl (C=O) groups excluding carboxylic acids is 1. The van der Waals surface area contributed by atoms with Gasteiger partial charge in [0.25, 0.3) is 0 Å². The molecule has 0 aliphatic carbocycles. The predicted octanol–water partition coefficient (Wildman–Crippen LogP) is 1.14. The molecule has 0 aromatic carbocycles. The Morgan fingerprint density at radius 2 is 2.19 bits per heavy atom. The number of likely N-dealkylation sites (tertiary alicyclic amines) is 1. The van der Waals surface area contributed by atoms with Gasteiger partial charge in [0, 0.05) is 26.6 Å². The summed E-state index contributed by atoms with van der Waals surface area (Å²) in [6.07, 6.45) is 3.60. The Kier molecular flexibility index (Phi) is 4.74. The highest BCUT2D eigenvalue weighted by molar-refractivity contribution is 5.77. The van der Waals surface area contributed by atoms with E-state index in [1.165, 1.54) is 0 Å². The van der Waals surface area contributed by atoms with Crippen molar-refractivity contribution < 1.29 is 9.53 Å². The van der Waals surface area contributed by atoms with Crippen molar-refractivity contribution in [1.29, 1.82) is 0 Å². The topological polar surface area (TPSA) is 55.6 Å². The van der Waals surface area contributed by atoms with Crippen molar-refractivity contribution >= 4 is 5.91 Å². The summed E-state index contributed by atoms with van der Waals surface area (Å²) in [7, 11) is 1.67. The van der Waals surface area contributed by atoms with E-state index in [2.05, 4.69) is 6.92 Å². The molecule has 0 spiro atoms. The van der Waals surface area contributed by atoms with Crippen molar-refractivity contribution in [3.8, 4) is 0 Å². The van der Waals surface area contributed by atoms with Crippen LogP contribution in [0.1, 0.15) is 39.5 Å². The maximum absolute atomic E-state index is 11.8. The summed E-state index contributed by atoms with van der Waals surface area (Å²) in [5, 5.41) is 0. The lowest BCUT2D eigenvalue weighted by molar-refractivity contribution is -0.139. The zero-order chi connectivity index (χ0) is 12.2. The maximum atomic E-state index is 11.8. The number of amides is 1. The van der Waals surface area contributed by atoms with Gasteiger partial charge in [-0.15, -0.1) is 0 Å². The van der Waals surface area contributed by atoms with Gasteiger partial charge in [0.1, 0.15) is 0 Å². The van der Waals surface area contributed by atoms with Crippen molar-refractivity contribution in [3.05, 3.63) is 0 Å². The number of carbonyl (C=O) groups is 1. The first-order valence-corrected chi connectivity index (χ1v) is 6.10. The summed E-state index contributed by atoms with van der Waals surface area (Å²) < 4.78 is 5.12. The molecule has 4 heteroatoms. The Hall–Kier alpha value is -0.610. The zero-order valence-electron chi connectivity index (χ0n) is 10.7. The van der Waals surface area contributed by atoms with Crippen LogP contribution in [0.25, 0.3) is 0 Å². The Bertz CT molecular complexity index is 237. The second-order valence-electron chi connectivity index (χ2n) is 4.95. The molecule has 0 radical (unpaired) electrons. The Labute approximate surface area is 98.1 Å². The molecule has 94 valence electrons. The average Bonchev–Trinajstić information content (AvgIpc) is 2.22. The molecular formula is C12H24N2O2. The fraction of sp³-hybridized carbons (Fsp3) is 0.917. The van der Waals surface area contributed by atoms with E-state index in [4.69, 9.17) is 10.5 Å². The number of nitrogens with zero attached hydrogens (tertiary/aromatic N) is 1. The molecular weight excluding hydrogens is 204 g/mol. The van der Waals surface area contributed by atoms with Crippen molar-refractivity contribution in [2.75, 3.05) is 20.2 Å². The van der Waals surface area contributed by atoms with E-state index in [0.29, 0.717) is 6.42 Å². The molecule has 1 atom stereocenters. The lowest BCUT2D eigenvalue weighted by Gasteiger charge is -2.48. The van der Waals surface area contributed by atoms with Crippen LogP contribution in [0.15, 0.2) is 0 Å². The molecule has 16 heavy (non-hydrogen) atoms. The van der Waals surface area contributed by atoms with Crippen LogP contribution < -0.4 is 5.73 Å². The number of nitrogens with two attached hydrogens (primary N) is 1. The highest BCUT2D eigenvalue weighted by Gasteiger charge is 2.40. The lowest BCUT2D eigenvalue weighted by Crippen LogP contribution is -2.68. The zero-order valence-corrected chi connectivity index (χ0v) is 10.7. The van der Waals surface area contributed by atoms with E-state index in [0.717, 1.165) is 32.4 Å². The summed E-state index contributed by atoms with van der Waals surface area (Å²) in [5.74, 6) is 0.209. The summed E-state index contributed by atoms with van der Waals surface area (Å²) >= 11 is 0. The fourth-order valence-electron chi connectivity index (χ4n) is 2.15. The molecule has 0 bridgehead atoms. The van der Waals surface area contributed by atoms with Gasteiger partial charge < -0.3 is 15.4 Å². The van der Waals surface area contributed by atoms with Crippen LogP contribution in [0.4, 0.5) is 0 Å². The van der Waals surface area contributed by atoms with E-state index >= 15 is 0 Å². The van der Waals surface area contributed by atoms with Crippen molar-refractivity contribution in [1.82, 2.24) is 4.90 Å². The van der Waals surface area contributed by atoms with E-state index in [1.54, 1.807) is 7.11 Å².